The topological polar surface area (TPSA) is 74.5 Å². The van der Waals surface area contributed by atoms with Crippen LogP contribution >= 0.6 is 15.9 Å². The van der Waals surface area contributed by atoms with Gasteiger partial charge in [-0.05, 0) is 47.8 Å². The molecule has 2 fully saturated rings. The quantitative estimate of drug-likeness (QED) is 0.752. The first-order valence-corrected chi connectivity index (χ1v) is 10.2. The molecule has 1 aliphatic carbocycles. The molecular formula is C19H24BrN5O2. The summed E-state index contributed by atoms with van der Waals surface area (Å²) in [7, 11) is 0. The molecule has 1 aromatic heterocycles. The number of hydrogen-bond donors (Lipinski definition) is 1. The van der Waals surface area contributed by atoms with Gasteiger partial charge in [0.15, 0.2) is 0 Å². The van der Waals surface area contributed by atoms with Gasteiger partial charge in [0.2, 0.25) is 17.7 Å². The van der Waals surface area contributed by atoms with Crippen molar-refractivity contribution in [2.75, 3.05) is 26.2 Å². The Morgan fingerprint density at radius 2 is 2.00 bits per heavy atom. The van der Waals surface area contributed by atoms with E-state index in [1.807, 2.05) is 31.2 Å². The summed E-state index contributed by atoms with van der Waals surface area (Å²) in [6, 6.07) is 8.16. The molecule has 4 rings (SSSR count). The van der Waals surface area contributed by atoms with E-state index in [0.29, 0.717) is 24.4 Å². The fourth-order valence-electron chi connectivity index (χ4n) is 3.28. The Balaban J connectivity index is 1.29. The summed E-state index contributed by atoms with van der Waals surface area (Å²) in [5.74, 6) is 1.30. The zero-order valence-corrected chi connectivity index (χ0v) is 17.0. The van der Waals surface area contributed by atoms with Crippen LogP contribution in [0.4, 0.5) is 0 Å². The third-order valence-corrected chi connectivity index (χ3v) is 5.88. The second-order valence-electron chi connectivity index (χ2n) is 7.25. The highest BCUT2D eigenvalue weighted by Crippen LogP contribution is 2.27. The summed E-state index contributed by atoms with van der Waals surface area (Å²) in [5, 5.41) is 11.5. The maximum Gasteiger partial charge on any atom is 0.248 e. The molecule has 1 amide bonds. The molecular weight excluding hydrogens is 410 g/mol. The number of halogens is 1. The fourth-order valence-corrected chi connectivity index (χ4v) is 3.73. The molecule has 0 radical (unpaired) electrons. The van der Waals surface area contributed by atoms with E-state index in [-0.39, 0.29) is 11.9 Å². The summed E-state index contributed by atoms with van der Waals surface area (Å²) < 4.78 is 6.78. The van der Waals surface area contributed by atoms with Crippen LogP contribution in [0, 0.1) is 0 Å². The van der Waals surface area contributed by atoms with Gasteiger partial charge in [-0.1, -0.05) is 12.1 Å². The van der Waals surface area contributed by atoms with E-state index in [4.69, 9.17) is 4.42 Å². The first-order valence-electron chi connectivity index (χ1n) is 9.44. The van der Waals surface area contributed by atoms with Crippen molar-refractivity contribution in [3.8, 4) is 11.5 Å². The summed E-state index contributed by atoms with van der Waals surface area (Å²) in [6.07, 6.45) is 2.25. The molecule has 1 saturated heterocycles. The molecule has 8 heteroatoms. The summed E-state index contributed by atoms with van der Waals surface area (Å²) >= 11 is 3.51. The molecule has 2 heterocycles. The van der Waals surface area contributed by atoms with E-state index in [1.165, 1.54) is 0 Å². The maximum absolute atomic E-state index is 12.2. The van der Waals surface area contributed by atoms with Crippen molar-refractivity contribution < 1.29 is 9.21 Å². The lowest BCUT2D eigenvalue weighted by Gasteiger charge is -2.36. The molecule has 1 N–H and O–H groups in total. The average Bonchev–Trinajstić information content (AvgIpc) is 3.38. The van der Waals surface area contributed by atoms with E-state index >= 15 is 0 Å². The molecule has 1 unspecified atom stereocenters. The normalized spacial score (nSPS) is 19.8. The molecule has 1 atom stereocenters. The van der Waals surface area contributed by atoms with Crippen LogP contribution in [-0.4, -0.2) is 64.2 Å². The zero-order valence-electron chi connectivity index (χ0n) is 15.4. The first-order chi connectivity index (χ1) is 13.1. The minimum atomic E-state index is -0.0711. The number of hydrogen-bond acceptors (Lipinski definition) is 6. The highest BCUT2D eigenvalue weighted by atomic mass is 79.9. The van der Waals surface area contributed by atoms with Gasteiger partial charge in [-0.25, -0.2) is 0 Å². The molecule has 2 aliphatic rings. The molecule has 2 aromatic rings. The Kier molecular flexibility index (Phi) is 5.56. The number of nitrogens with one attached hydrogen (secondary N) is 1. The van der Waals surface area contributed by atoms with E-state index in [9.17, 15) is 4.79 Å². The number of piperazine rings is 1. The Hall–Kier alpha value is -1.77. The van der Waals surface area contributed by atoms with Gasteiger partial charge in [-0.3, -0.25) is 14.6 Å². The highest BCUT2D eigenvalue weighted by molar-refractivity contribution is 9.10. The van der Waals surface area contributed by atoms with Gasteiger partial charge in [-0.15, -0.1) is 10.2 Å². The van der Waals surface area contributed by atoms with Crippen LogP contribution < -0.4 is 5.32 Å². The predicted octanol–water partition coefficient (Wildman–Crippen LogP) is 2.28. The smallest absolute Gasteiger partial charge is 0.248 e. The third-order valence-electron chi connectivity index (χ3n) is 5.19. The van der Waals surface area contributed by atoms with Gasteiger partial charge >= 0.3 is 0 Å². The minimum absolute atomic E-state index is 0.0711. The summed E-state index contributed by atoms with van der Waals surface area (Å²) in [6.45, 7) is 6.12. The molecule has 1 aromatic carbocycles. The van der Waals surface area contributed by atoms with Crippen LogP contribution in [0.15, 0.2) is 33.2 Å². The van der Waals surface area contributed by atoms with Gasteiger partial charge in [0, 0.05) is 36.7 Å². The van der Waals surface area contributed by atoms with Gasteiger partial charge < -0.3 is 9.73 Å². The monoisotopic (exact) mass is 433 g/mol. The number of carbonyl (C=O) groups excluding carboxylic acids is 1. The van der Waals surface area contributed by atoms with Crippen molar-refractivity contribution in [3.63, 3.8) is 0 Å². The van der Waals surface area contributed by atoms with Crippen LogP contribution in [0.25, 0.3) is 11.5 Å². The van der Waals surface area contributed by atoms with Crippen LogP contribution in [0.5, 0.6) is 0 Å². The van der Waals surface area contributed by atoms with Crippen LogP contribution in [0.3, 0.4) is 0 Å². The van der Waals surface area contributed by atoms with E-state index in [2.05, 4.69) is 41.2 Å². The Bertz CT molecular complexity index is 799. The number of rotatable bonds is 6. The second kappa shape index (κ2) is 8.08. The first kappa shape index (κ1) is 18.6. The van der Waals surface area contributed by atoms with E-state index in [0.717, 1.165) is 49.1 Å². The standard InChI is InChI=1S/C19H24BrN5O2/c1-13(18(26)21-14-6-7-14)25-10-8-24(9-11-25)12-17-22-23-19(27-17)15-4-2-3-5-16(15)20/h2-5,13-14H,6-12H2,1H3,(H,21,26). The summed E-state index contributed by atoms with van der Waals surface area (Å²) in [4.78, 5) is 16.8. The molecule has 7 nitrogen and oxygen atoms in total. The predicted molar refractivity (Wildman–Crippen MR) is 105 cm³/mol. The Morgan fingerprint density at radius 1 is 1.26 bits per heavy atom. The number of amides is 1. The fraction of sp³-hybridized carbons (Fsp3) is 0.526. The molecule has 144 valence electrons. The Labute approximate surface area is 167 Å². The minimum Gasteiger partial charge on any atom is -0.419 e. The third kappa shape index (κ3) is 4.56. The largest absolute Gasteiger partial charge is 0.419 e. The lowest BCUT2D eigenvalue weighted by Crippen LogP contribution is -2.53. The van der Waals surface area contributed by atoms with Crippen LogP contribution in [0.2, 0.25) is 0 Å². The second-order valence-corrected chi connectivity index (χ2v) is 8.11. The number of nitrogens with zero attached hydrogens (tertiary/aromatic N) is 4. The molecule has 27 heavy (non-hydrogen) atoms. The SMILES string of the molecule is CC(C(=O)NC1CC1)N1CCN(Cc2nnc(-c3ccccc3Br)o2)CC1. The van der Waals surface area contributed by atoms with Crippen molar-refractivity contribution in [2.45, 2.75) is 38.4 Å². The van der Waals surface area contributed by atoms with Gasteiger partial charge in [0.05, 0.1) is 18.2 Å². The van der Waals surface area contributed by atoms with Gasteiger partial charge in [-0.2, -0.15) is 0 Å². The lowest BCUT2D eigenvalue weighted by molar-refractivity contribution is -0.126. The van der Waals surface area contributed by atoms with Crippen LogP contribution in [0.1, 0.15) is 25.7 Å². The molecule has 0 spiro atoms. The van der Waals surface area contributed by atoms with Gasteiger partial charge in [0.25, 0.3) is 0 Å². The van der Waals surface area contributed by atoms with Crippen molar-refractivity contribution in [2.24, 2.45) is 0 Å². The van der Waals surface area contributed by atoms with Crippen LogP contribution in [-0.2, 0) is 11.3 Å². The Morgan fingerprint density at radius 3 is 2.70 bits per heavy atom. The average molecular weight is 434 g/mol. The lowest BCUT2D eigenvalue weighted by atomic mass is 10.2. The van der Waals surface area contributed by atoms with E-state index in [1.54, 1.807) is 0 Å². The van der Waals surface area contributed by atoms with Crippen molar-refractivity contribution in [3.05, 3.63) is 34.6 Å². The van der Waals surface area contributed by atoms with Crippen molar-refractivity contribution >= 4 is 21.8 Å². The van der Waals surface area contributed by atoms with Gasteiger partial charge in [0.1, 0.15) is 0 Å². The maximum atomic E-state index is 12.2. The number of aromatic nitrogens is 2. The van der Waals surface area contributed by atoms with Crippen molar-refractivity contribution in [1.82, 2.24) is 25.3 Å². The summed E-state index contributed by atoms with van der Waals surface area (Å²) in [5.41, 5.74) is 0.900. The molecule has 0 bridgehead atoms. The highest BCUT2D eigenvalue weighted by Gasteiger charge is 2.30. The molecule has 1 saturated carbocycles. The number of benzene rings is 1. The van der Waals surface area contributed by atoms with E-state index < -0.39 is 0 Å². The zero-order chi connectivity index (χ0) is 18.8. The molecule has 1 aliphatic heterocycles. The van der Waals surface area contributed by atoms with Crippen molar-refractivity contribution in [1.29, 1.82) is 0 Å². The number of carbonyl (C=O) groups is 1.